The van der Waals surface area contributed by atoms with Crippen LogP contribution in [-0.2, 0) is 14.1 Å². The molecule has 1 aliphatic heterocycles. The number of hydrogen-bond donors (Lipinski definition) is 2. The standard InChI is InChI=1S/C13H24BNO2.C2HF3O2/c1-11(2)12(3,4)17-14(16-11)9-8-10(15)13(9)6-5-7-13;3-2(4,5)1(6)7/h9-10H,5-8,15H2,1-4H3;(H,6,7). The van der Waals surface area contributed by atoms with Gasteiger partial charge in [-0.25, -0.2) is 4.79 Å². The Hall–Kier alpha value is -0.795. The minimum Gasteiger partial charge on any atom is -0.475 e. The van der Waals surface area contributed by atoms with Crippen LogP contribution >= 0.6 is 0 Å². The number of nitrogens with two attached hydrogens (primary N) is 1. The van der Waals surface area contributed by atoms with Gasteiger partial charge in [0.2, 0.25) is 0 Å². The Balaban J connectivity index is 0.000000256. The topological polar surface area (TPSA) is 81.8 Å². The van der Waals surface area contributed by atoms with Gasteiger partial charge in [0.05, 0.1) is 11.2 Å². The fourth-order valence-corrected chi connectivity index (χ4v) is 3.62. The van der Waals surface area contributed by atoms with Gasteiger partial charge in [0.25, 0.3) is 0 Å². The number of carboxylic acid groups (broad SMARTS) is 1. The highest BCUT2D eigenvalue weighted by Crippen LogP contribution is 2.65. The fraction of sp³-hybridized carbons (Fsp3) is 0.933. The molecule has 2 saturated carbocycles. The summed E-state index contributed by atoms with van der Waals surface area (Å²) in [6, 6.07) is 0.375. The van der Waals surface area contributed by atoms with Crippen LogP contribution in [0.1, 0.15) is 53.4 Å². The average Bonchev–Trinajstić information content (AvgIpc) is 2.52. The molecule has 5 nitrogen and oxygen atoms in total. The summed E-state index contributed by atoms with van der Waals surface area (Å²) in [6.45, 7) is 8.50. The molecule has 3 aliphatic rings. The lowest BCUT2D eigenvalue weighted by Gasteiger charge is -2.60. The Morgan fingerprint density at radius 1 is 1.17 bits per heavy atom. The molecule has 3 rings (SSSR count). The highest BCUT2D eigenvalue weighted by molar-refractivity contribution is 6.48. The zero-order chi connectivity index (χ0) is 18.6. The van der Waals surface area contributed by atoms with E-state index in [1.54, 1.807) is 0 Å². The number of carboxylic acids is 1. The largest absolute Gasteiger partial charge is 0.490 e. The lowest BCUT2D eigenvalue weighted by Crippen LogP contribution is -2.62. The van der Waals surface area contributed by atoms with Crippen molar-refractivity contribution in [2.45, 2.75) is 82.6 Å². The smallest absolute Gasteiger partial charge is 0.475 e. The molecule has 0 radical (unpaired) electrons. The van der Waals surface area contributed by atoms with Crippen molar-refractivity contribution in [1.82, 2.24) is 0 Å². The number of alkyl halides is 3. The van der Waals surface area contributed by atoms with Gasteiger partial charge in [-0.15, -0.1) is 0 Å². The van der Waals surface area contributed by atoms with Crippen LogP contribution in [0, 0.1) is 5.41 Å². The summed E-state index contributed by atoms with van der Waals surface area (Å²) in [5, 5.41) is 7.12. The van der Waals surface area contributed by atoms with E-state index in [4.69, 9.17) is 24.9 Å². The monoisotopic (exact) mass is 351 g/mol. The first-order valence-corrected chi connectivity index (χ1v) is 8.14. The lowest BCUT2D eigenvalue weighted by atomic mass is 9.37. The van der Waals surface area contributed by atoms with E-state index in [0.717, 1.165) is 6.42 Å². The molecular formula is C15H25BF3NO4. The van der Waals surface area contributed by atoms with Crippen LogP contribution in [0.25, 0.3) is 0 Å². The first-order valence-electron chi connectivity index (χ1n) is 8.14. The minimum absolute atomic E-state index is 0.0416. The molecular weight excluding hydrogens is 326 g/mol. The van der Waals surface area contributed by atoms with E-state index in [1.165, 1.54) is 19.3 Å². The van der Waals surface area contributed by atoms with Crippen molar-refractivity contribution in [2.24, 2.45) is 11.1 Å². The highest BCUT2D eigenvalue weighted by atomic mass is 19.4. The zero-order valence-corrected chi connectivity index (χ0v) is 14.4. The van der Waals surface area contributed by atoms with Gasteiger partial charge < -0.3 is 20.1 Å². The van der Waals surface area contributed by atoms with Crippen molar-refractivity contribution >= 4 is 13.1 Å². The van der Waals surface area contributed by atoms with Crippen LogP contribution in [0.5, 0.6) is 0 Å². The third kappa shape index (κ3) is 3.18. The maximum absolute atomic E-state index is 10.6. The number of aliphatic carboxylic acids is 1. The van der Waals surface area contributed by atoms with E-state index in [9.17, 15) is 13.2 Å². The molecule has 3 N–H and O–H groups in total. The first-order chi connectivity index (χ1) is 10.7. The SMILES string of the molecule is CC1(C)OB(C2CC(N)C23CCC3)OC1(C)C.O=C(O)C(F)(F)F. The summed E-state index contributed by atoms with van der Waals surface area (Å²) in [4.78, 5) is 8.90. The second-order valence-electron chi connectivity index (χ2n) is 7.96. The van der Waals surface area contributed by atoms with Gasteiger partial charge in [0, 0.05) is 11.9 Å². The van der Waals surface area contributed by atoms with E-state index >= 15 is 0 Å². The van der Waals surface area contributed by atoms with Gasteiger partial charge in [0.15, 0.2) is 0 Å². The Bertz CT molecular complexity index is 489. The van der Waals surface area contributed by atoms with Crippen LogP contribution in [-0.4, -0.2) is 41.6 Å². The van der Waals surface area contributed by atoms with Crippen LogP contribution in [0.15, 0.2) is 0 Å². The van der Waals surface area contributed by atoms with E-state index < -0.39 is 12.1 Å². The van der Waals surface area contributed by atoms with Crippen molar-refractivity contribution in [3.05, 3.63) is 0 Å². The van der Waals surface area contributed by atoms with Crippen molar-refractivity contribution in [3.63, 3.8) is 0 Å². The summed E-state index contributed by atoms with van der Waals surface area (Å²) in [5.41, 5.74) is 6.14. The van der Waals surface area contributed by atoms with E-state index in [1.807, 2.05) is 0 Å². The molecule has 2 unspecified atom stereocenters. The Morgan fingerprint density at radius 3 is 1.83 bits per heavy atom. The second kappa shape index (κ2) is 5.88. The molecule has 3 fully saturated rings. The van der Waals surface area contributed by atoms with Gasteiger partial charge in [0.1, 0.15) is 0 Å². The molecule has 9 heteroatoms. The molecule has 0 aromatic heterocycles. The van der Waals surface area contributed by atoms with E-state index in [-0.39, 0.29) is 18.3 Å². The van der Waals surface area contributed by atoms with Gasteiger partial charge in [-0.1, -0.05) is 6.42 Å². The van der Waals surface area contributed by atoms with Crippen LogP contribution in [0.3, 0.4) is 0 Å². The molecule has 2 atom stereocenters. The van der Waals surface area contributed by atoms with Gasteiger partial charge in [-0.2, -0.15) is 13.2 Å². The molecule has 0 aromatic rings. The molecule has 0 amide bonds. The first kappa shape index (κ1) is 19.5. The highest BCUT2D eigenvalue weighted by Gasteiger charge is 2.66. The van der Waals surface area contributed by atoms with E-state index in [0.29, 0.717) is 17.3 Å². The van der Waals surface area contributed by atoms with Crippen LogP contribution < -0.4 is 5.73 Å². The summed E-state index contributed by atoms with van der Waals surface area (Å²) < 4.78 is 44.1. The maximum atomic E-state index is 10.6. The molecule has 1 saturated heterocycles. The maximum Gasteiger partial charge on any atom is 0.490 e. The predicted molar refractivity (Wildman–Crippen MR) is 82.4 cm³/mol. The molecule has 1 heterocycles. The summed E-state index contributed by atoms with van der Waals surface area (Å²) in [7, 11) is -0.0416. The molecule has 24 heavy (non-hydrogen) atoms. The van der Waals surface area contributed by atoms with Crippen molar-refractivity contribution < 1.29 is 32.4 Å². The molecule has 0 aromatic carbocycles. The summed E-state index contributed by atoms with van der Waals surface area (Å²) in [6.07, 6.45) is -0.160. The minimum atomic E-state index is -5.08. The van der Waals surface area contributed by atoms with Crippen LogP contribution in [0.2, 0.25) is 5.82 Å². The third-order valence-electron chi connectivity index (χ3n) is 6.11. The number of rotatable bonds is 1. The average molecular weight is 351 g/mol. The lowest BCUT2D eigenvalue weighted by molar-refractivity contribution is -0.192. The molecule has 0 bridgehead atoms. The summed E-state index contributed by atoms with van der Waals surface area (Å²) in [5.74, 6) is -2.24. The van der Waals surface area contributed by atoms with Crippen molar-refractivity contribution in [1.29, 1.82) is 0 Å². The Labute approximate surface area is 140 Å². The van der Waals surface area contributed by atoms with Gasteiger partial charge >= 0.3 is 19.3 Å². The second-order valence-corrected chi connectivity index (χ2v) is 7.96. The quantitative estimate of drug-likeness (QED) is 0.710. The molecule has 2 aliphatic carbocycles. The van der Waals surface area contributed by atoms with Crippen LogP contribution in [0.4, 0.5) is 13.2 Å². The number of halogens is 3. The Kier molecular flexibility index (Phi) is 4.79. The normalized spacial score (nSPS) is 32.4. The van der Waals surface area contributed by atoms with Crippen molar-refractivity contribution in [3.8, 4) is 0 Å². The molecule has 138 valence electrons. The van der Waals surface area contributed by atoms with Gasteiger partial charge in [-0.3, -0.25) is 0 Å². The third-order valence-corrected chi connectivity index (χ3v) is 6.11. The fourth-order valence-electron chi connectivity index (χ4n) is 3.62. The van der Waals surface area contributed by atoms with Crippen molar-refractivity contribution in [2.75, 3.05) is 0 Å². The van der Waals surface area contributed by atoms with Gasteiger partial charge in [-0.05, 0) is 52.4 Å². The van der Waals surface area contributed by atoms with E-state index in [2.05, 4.69) is 27.7 Å². The number of carbonyl (C=O) groups is 1. The summed E-state index contributed by atoms with van der Waals surface area (Å²) >= 11 is 0. The Morgan fingerprint density at radius 2 is 1.58 bits per heavy atom. The zero-order valence-electron chi connectivity index (χ0n) is 14.4. The predicted octanol–water partition coefficient (Wildman–Crippen LogP) is 2.98. The number of hydrogen-bond acceptors (Lipinski definition) is 4. The molecule has 1 spiro atoms.